The van der Waals surface area contributed by atoms with Crippen molar-refractivity contribution in [2.24, 2.45) is 118 Å². The monoisotopic (exact) mass is 1210 g/mol. The lowest BCUT2D eigenvalue weighted by Crippen LogP contribution is -2.57. The summed E-state index contributed by atoms with van der Waals surface area (Å²) in [5.74, 6) is 15.4. The molecule has 15 rings (SSSR count). The van der Waals surface area contributed by atoms with Crippen LogP contribution in [-0.2, 0) is 19.2 Å². The van der Waals surface area contributed by atoms with Crippen molar-refractivity contribution >= 4 is 23.1 Å². The topological polar surface area (TPSA) is 74.8 Å². The summed E-state index contributed by atoms with van der Waals surface area (Å²) in [6, 6.07) is 4.51. The Morgan fingerprint density at radius 2 is 0.489 bits per heavy atom. The fraction of sp³-hybridized carbons (Fsp3) is 0.951. The highest BCUT2D eigenvalue weighted by Crippen LogP contribution is 2.63. The van der Waals surface area contributed by atoms with E-state index in [0.717, 1.165) is 121 Å². The van der Waals surface area contributed by atoms with E-state index in [1.165, 1.54) is 308 Å². The van der Waals surface area contributed by atoms with Crippen molar-refractivity contribution in [1.82, 2.24) is 9.80 Å². The maximum atomic E-state index is 14.2. The van der Waals surface area contributed by atoms with Gasteiger partial charge in [0.2, 0.25) is 0 Å². The van der Waals surface area contributed by atoms with Gasteiger partial charge in [0.05, 0.1) is 0 Å². The predicted octanol–water partition coefficient (Wildman–Crippen LogP) is 19.9. The second-order valence-corrected chi connectivity index (χ2v) is 36.0. The van der Waals surface area contributed by atoms with Crippen molar-refractivity contribution in [2.45, 2.75) is 370 Å². The lowest BCUT2D eigenvalue weighted by atomic mass is 9.61. The van der Waals surface area contributed by atoms with Crippen LogP contribution in [0.1, 0.15) is 334 Å². The molecule has 0 bridgehead atoms. The van der Waals surface area contributed by atoms with Crippen LogP contribution in [0.15, 0.2) is 0 Å². The molecule has 0 aromatic heterocycles. The molecule has 13 aliphatic carbocycles. The van der Waals surface area contributed by atoms with Gasteiger partial charge >= 0.3 is 0 Å². The summed E-state index contributed by atoms with van der Waals surface area (Å²) >= 11 is 0. The number of carbonyl (C=O) groups excluding carboxylic acids is 4. The zero-order valence-corrected chi connectivity index (χ0v) is 56.3. The molecule has 0 aromatic rings. The van der Waals surface area contributed by atoms with Crippen molar-refractivity contribution in [3.63, 3.8) is 0 Å². The van der Waals surface area contributed by atoms with Crippen molar-refractivity contribution in [1.29, 1.82) is 0 Å². The van der Waals surface area contributed by atoms with Crippen LogP contribution >= 0.6 is 0 Å². The lowest BCUT2D eigenvalue weighted by molar-refractivity contribution is -0.130. The number of ketones is 4. The number of hydrogen-bond donors (Lipinski definition) is 0. The summed E-state index contributed by atoms with van der Waals surface area (Å²) in [5.41, 5.74) is 0. The van der Waals surface area contributed by atoms with E-state index in [-0.39, 0.29) is 0 Å². The molecule has 88 heavy (non-hydrogen) atoms. The highest BCUT2D eigenvalue weighted by molar-refractivity contribution is 5.85. The molecule has 13 saturated carbocycles. The number of fused-ring (bicyclic) bond motifs is 7. The molecule has 12 atom stereocenters. The van der Waals surface area contributed by atoms with Gasteiger partial charge in [-0.2, -0.15) is 0 Å². The van der Waals surface area contributed by atoms with Crippen LogP contribution in [0.2, 0.25) is 0 Å². The molecule has 6 nitrogen and oxygen atoms in total. The average Bonchev–Trinajstić information content (AvgIpc) is 1.56. The van der Waals surface area contributed by atoms with Gasteiger partial charge in [0.15, 0.2) is 0 Å². The first-order chi connectivity index (χ1) is 43.3. The molecule has 0 spiro atoms. The molecule has 0 amide bonds. The van der Waals surface area contributed by atoms with Crippen molar-refractivity contribution in [3.05, 3.63) is 0 Å². The number of likely N-dealkylation sites (tertiary alicyclic amines) is 2. The minimum absolute atomic E-state index is 0.338. The van der Waals surface area contributed by atoms with Crippen LogP contribution in [0.4, 0.5) is 0 Å². The molecule has 0 radical (unpaired) electrons. The Kier molecular flexibility index (Phi) is 20.3. The maximum Gasteiger partial charge on any atom is 0.139 e. The van der Waals surface area contributed by atoms with Crippen LogP contribution in [-0.4, -0.2) is 69.2 Å². The van der Waals surface area contributed by atoms with Gasteiger partial charge in [0.1, 0.15) is 23.1 Å². The zero-order chi connectivity index (χ0) is 59.2. The Balaban J connectivity index is 0.701. The Hall–Kier alpha value is -1.40. The predicted molar refractivity (Wildman–Crippen MR) is 356 cm³/mol. The molecular weight excluding hydrogens is 1080 g/mol. The molecule has 0 aromatic carbocycles. The molecule has 2 aliphatic heterocycles. The SMILES string of the molecule is O=C(C1CCCCC1)C1CCC(C2CC(C3CCC(C(=O)C4CCCCC4)CC3)CC(N3C4CCCCC4C4C3CCC3C5CCCCC5N(C5CC(C6CCC(C(=O)C7CCCCC7)CC6)CC(C6CCC(C(=O)C7CCCCC7)CC6)C5)C34)C2)CC1. The number of hydrogen-bond acceptors (Lipinski definition) is 6. The van der Waals surface area contributed by atoms with Gasteiger partial charge in [0, 0.05) is 83.6 Å². The second-order valence-electron chi connectivity index (χ2n) is 36.0. The number of nitrogens with zero attached hydrogens (tertiary/aromatic N) is 2. The van der Waals surface area contributed by atoms with Gasteiger partial charge < -0.3 is 0 Å². The van der Waals surface area contributed by atoms with Gasteiger partial charge in [-0.25, -0.2) is 0 Å². The van der Waals surface area contributed by atoms with Crippen LogP contribution in [0.5, 0.6) is 0 Å². The van der Waals surface area contributed by atoms with Crippen molar-refractivity contribution < 1.29 is 19.2 Å². The largest absolute Gasteiger partial charge is 0.299 e. The Labute approximate surface area is 537 Å². The normalized spacial score (nSPS) is 45.8. The standard InChI is InChI=1S/C82H130N2O4/c85-79(57-17-5-1-6-18-57)61-37-29-53(30-38-61)65-47-66(54-31-39-62(40-32-54)80(86)58-19-7-2-8-20-58)50-69(49-65)83-75-28-16-14-26-73(75)77-76(83)46-45-72-71-25-13-15-27-74(71)84(78(72)77)70-51-67(55-33-41-63(42-34-55)81(87)59-21-9-3-10-22-59)48-68(52-70)56-35-43-64(44-36-56)82(88)60-23-11-4-12-24-60/h53-78H,1-52H2. The molecule has 12 unspecified atom stereocenters. The van der Waals surface area contributed by atoms with Crippen LogP contribution in [0.25, 0.3) is 0 Å². The van der Waals surface area contributed by atoms with Gasteiger partial charge in [-0.3, -0.25) is 29.0 Å². The zero-order valence-electron chi connectivity index (χ0n) is 56.3. The first-order valence-electron chi connectivity index (χ1n) is 41.0. The van der Waals surface area contributed by atoms with E-state index < -0.39 is 0 Å². The van der Waals surface area contributed by atoms with Gasteiger partial charge in [-0.05, 0) is 302 Å². The minimum Gasteiger partial charge on any atom is -0.299 e. The van der Waals surface area contributed by atoms with E-state index in [2.05, 4.69) is 9.80 Å². The van der Waals surface area contributed by atoms with Crippen molar-refractivity contribution in [3.8, 4) is 0 Å². The van der Waals surface area contributed by atoms with Crippen LogP contribution in [0, 0.1) is 118 Å². The highest BCUT2D eigenvalue weighted by Gasteiger charge is 2.65. The van der Waals surface area contributed by atoms with Crippen molar-refractivity contribution in [2.75, 3.05) is 0 Å². The summed E-state index contributed by atoms with van der Waals surface area (Å²) in [6.07, 6.45) is 67.9. The molecule has 6 heteroatoms. The first kappa shape index (κ1) is 62.7. The third-order valence-electron chi connectivity index (χ3n) is 31.9. The smallest absolute Gasteiger partial charge is 0.139 e. The average molecular weight is 1210 g/mol. The van der Waals surface area contributed by atoms with Crippen LogP contribution in [0.3, 0.4) is 0 Å². The van der Waals surface area contributed by atoms with Gasteiger partial charge in [0.25, 0.3) is 0 Å². The summed E-state index contributed by atoms with van der Waals surface area (Å²) in [7, 11) is 0. The Morgan fingerprint density at radius 3 is 0.841 bits per heavy atom. The van der Waals surface area contributed by atoms with Crippen LogP contribution < -0.4 is 0 Å². The van der Waals surface area contributed by atoms with E-state index >= 15 is 0 Å². The van der Waals surface area contributed by atoms with E-state index in [1.807, 2.05) is 0 Å². The minimum atomic E-state index is 0.338. The van der Waals surface area contributed by atoms with Gasteiger partial charge in [-0.15, -0.1) is 0 Å². The Bertz CT molecular complexity index is 2190. The summed E-state index contributed by atoms with van der Waals surface area (Å²) in [5, 5.41) is 0. The molecule has 15 aliphatic rings. The number of Topliss-reactive ketones (excluding diaryl/α,β-unsaturated/α-hetero) is 4. The first-order valence-corrected chi connectivity index (χ1v) is 41.0. The molecular formula is C82H130N2O4. The Morgan fingerprint density at radius 1 is 0.205 bits per heavy atom. The molecule has 0 N–H and O–H groups in total. The second kappa shape index (κ2) is 28.5. The third kappa shape index (κ3) is 13.0. The molecule has 2 saturated heterocycles. The summed E-state index contributed by atoms with van der Waals surface area (Å²) in [4.78, 5) is 63.6. The summed E-state index contributed by atoms with van der Waals surface area (Å²) < 4.78 is 0. The fourth-order valence-electron chi connectivity index (χ4n) is 27.7. The van der Waals surface area contributed by atoms with E-state index in [9.17, 15) is 19.2 Å². The number of carbonyl (C=O) groups is 4. The van der Waals surface area contributed by atoms with Gasteiger partial charge in [-0.1, -0.05) is 103 Å². The highest BCUT2D eigenvalue weighted by atomic mass is 16.1. The molecule has 2 heterocycles. The molecule has 492 valence electrons. The van der Waals surface area contributed by atoms with E-state index in [1.54, 1.807) is 0 Å². The summed E-state index contributed by atoms with van der Waals surface area (Å²) in [6.45, 7) is 0. The van der Waals surface area contributed by atoms with E-state index in [4.69, 9.17) is 0 Å². The molecule has 15 fully saturated rings. The van der Waals surface area contributed by atoms with E-state index in [0.29, 0.717) is 82.6 Å². The fourth-order valence-corrected chi connectivity index (χ4v) is 27.7. The number of rotatable bonds is 14. The maximum absolute atomic E-state index is 14.2. The quantitative estimate of drug-likeness (QED) is 0.173. The third-order valence-corrected chi connectivity index (χ3v) is 31.9. The lowest BCUT2D eigenvalue weighted by Gasteiger charge is -2.53.